The van der Waals surface area contributed by atoms with Crippen LogP contribution >= 0.6 is 12.4 Å². The van der Waals surface area contributed by atoms with Gasteiger partial charge in [-0.3, -0.25) is 9.69 Å². The summed E-state index contributed by atoms with van der Waals surface area (Å²) in [5.74, 6) is -0.615. The number of para-hydroxylation sites is 1. The lowest BCUT2D eigenvalue weighted by Gasteiger charge is -2.29. The molecule has 2 rings (SSSR count). The summed E-state index contributed by atoms with van der Waals surface area (Å²) in [7, 11) is 0. The molecule has 0 spiro atoms. The first kappa shape index (κ1) is 15.9. The first-order valence-electron chi connectivity index (χ1n) is 6.17. The van der Waals surface area contributed by atoms with Crippen molar-refractivity contribution in [2.45, 2.75) is 18.9 Å². The Labute approximate surface area is 118 Å². The van der Waals surface area contributed by atoms with Crippen LogP contribution in [0.4, 0.5) is 10.1 Å². The maximum absolute atomic E-state index is 13.3. The zero-order chi connectivity index (χ0) is 13.0. The van der Waals surface area contributed by atoms with Crippen LogP contribution in [0, 0.1) is 5.82 Å². The van der Waals surface area contributed by atoms with E-state index in [4.69, 9.17) is 5.73 Å². The van der Waals surface area contributed by atoms with E-state index in [0.717, 1.165) is 25.9 Å². The highest BCUT2D eigenvalue weighted by atomic mass is 35.5. The minimum Gasteiger partial charge on any atom is -0.327 e. The second-order valence-corrected chi connectivity index (χ2v) is 4.67. The lowest BCUT2D eigenvalue weighted by atomic mass is 10.1. The van der Waals surface area contributed by atoms with E-state index in [9.17, 15) is 9.18 Å². The number of benzene rings is 1. The van der Waals surface area contributed by atoms with Crippen molar-refractivity contribution in [3.8, 4) is 0 Å². The highest BCUT2D eigenvalue weighted by Crippen LogP contribution is 2.13. The van der Waals surface area contributed by atoms with Crippen LogP contribution in [0.15, 0.2) is 24.3 Å². The molecule has 1 saturated heterocycles. The van der Waals surface area contributed by atoms with E-state index in [1.807, 2.05) is 4.90 Å². The molecule has 0 saturated carbocycles. The predicted molar refractivity (Wildman–Crippen MR) is 75.9 cm³/mol. The molecule has 19 heavy (non-hydrogen) atoms. The van der Waals surface area contributed by atoms with Crippen molar-refractivity contribution in [3.63, 3.8) is 0 Å². The number of hydrogen-bond acceptors (Lipinski definition) is 3. The second kappa shape index (κ2) is 7.43. The molecule has 6 heteroatoms. The predicted octanol–water partition coefficient (Wildman–Crippen LogP) is 1.61. The molecule has 0 unspecified atom stereocenters. The van der Waals surface area contributed by atoms with Crippen molar-refractivity contribution < 1.29 is 9.18 Å². The minimum absolute atomic E-state index is 0. The fourth-order valence-corrected chi connectivity index (χ4v) is 2.19. The monoisotopic (exact) mass is 287 g/mol. The van der Waals surface area contributed by atoms with E-state index in [1.54, 1.807) is 18.2 Å². The van der Waals surface area contributed by atoms with Crippen LogP contribution in [0.5, 0.6) is 0 Å². The van der Waals surface area contributed by atoms with Crippen molar-refractivity contribution in [1.82, 2.24) is 4.90 Å². The SMILES string of the molecule is Cl.N[C@@H]1CCCN(CC(=O)Nc2ccccc2F)C1. The Hall–Kier alpha value is -1.17. The fraction of sp³-hybridized carbons (Fsp3) is 0.462. The van der Waals surface area contributed by atoms with Crippen LogP contribution in [0.3, 0.4) is 0 Å². The Morgan fingerprint density at radius 1 is 1.47 bits per heavy atom. The molecule has 1 aliphatic rings. The third-order valence-corrected chi connectivity index (χ3v) is 3.06. The molecule has 0 aromatic heterocycles. The molecule has 1 heterocycles. The van der Waals surface area contributed by atoms with Crippen molar-refractivity contribution >= 4 is 24.0 Å². The molecule has 106 valence electrons. The van der Waals surface area contributed by atoms with Crippen LogP contribution in [-0.4, -0.2) is 36.5 Å². The minimum atomic E-state index is -0.416. The number of carbonyl (C=O) groups excluding carboxylic acids is 1. The molecule has 1 fully saturated rings. The summed E-state index contributed by atoms with van der Waals surface area (Å²) in [6.07, 6.45) is 2.01. The topological polar surface area (TPSA) is 58.4 Å². The standard InChI is InChI=1S/C13H18FN3O.ClH/c14-11-5-1-2-6-12(11)16-13(18)9-17-7-3-4-10(15)8-17;/h1-2,5-6,10H,3-4,7-9,15H2,(H,16,18);1H/t10-;/m1./s1. The fourth-order valence-electron chi connectivity index (χ4n) is 2.19. The Morgan fingerprint density at radius 2 is 2.21 bits per heavy atom. The van der Waals surface area contributed by atoms with Gasteiger partial charge in [-0.05, 0) is 31.5 Å². The van der Waals surface area contributed by atoms with Gasteiger partial charge in [0.05, 0.1) is 12.2 Å². The van der Waals surface area contributed by atoms with Crippen molar-refractivity contribution in [2.24, 2.45) is 5.73 Å². The number of halogens is 2. The number of hydrogen-bond donors (Lipinski definition) is 2. The van der Waals surface area contributed by atoms with Gasteiger partial charge in [0, 0.05) is 12.6 Å². The molecule has 4 nitrogen and oxygen atoms in total. The van der Waals surface area contributed by atoms with E-state index in [0.29, 0.717) is 0 Å². The van der Waals surface area contributed by atoms with Gasteiger partial charge in [-0.2, -0.15) is 0 Å². The van der Waals surface area contributed by atoms with Gasteiger partial charge in [0.25, 0.3) is 0 Å². The lowest BCUT2D eigenvalue weighted by Crippen LogP contribution is -2.45. The number of likely N-dealkylation sites (tertiary alicyclic amines) is 1. The third kappa shape index (κ3) is 4.78. The number of carbonyl (C=O) groups is 1. The van der Waals surface area contributed by atoms with Gasteiger partial charge < -0.3 is 11.1 Å². The number of rotatable bonds is 3. The number of nitrogens with one attached hydrogen (secondary N) is 1. The van der Waals surface area contributed by atoms with E-state index in [-0.39, 0.29) is 36.6 Å². The average molecular weight is 288 g/mol. The third-order valence-electron chi connectivity index (χ3n) is 3.06. The van der Waals surface area contributed by atoms with Gasteiger partial charge in [-0.1, -0.05) is 12.1 Å². The Balaban J connectivity index is 0.00000180. The molecule has 1 aliphatic heterocycles. The zero-order valence-electron chi connectivity index (χ0n) is 10.6. The Bertz CT molecular complexity index is 430. The van der Waals surface area contributed by atoms with Crippen molar-refractivity contribution in [1.29, 1.82) is 0 Å². The highest BCUT2D eigenvalue weighted by molar-refractivity contribution is 5.92. The van der Waals surface area contributed by atoms with Crippen LogP contribution in [0.1, 0.15) is 12.8 Å². The normalized spacial score (nSPS) is 19.6. The molecule has 0 bridgehead atoms. The summed E-state index contributed by atoms with van der Waals surface area (Å²) in [5, 5.41) is 2.58. The van der Waals surface area contributed by atoms with Gasteiger partial charge in [0.2, 0.25) is 5.91 Å². The van der Waals surface area contributed by atoms with Gasteiger partial charge in [0.1, 0.15) is 5.82 Å². The smallest absolute Gasteiger partial charge is 0.238 e. The zero-order valence-corrected chi connectivity index (χ0v) is 11.5. The van der Waals surface area contributed by atoms with Crippen LogP contribution in [0.2, 0.25) is 0 Å². The number of nitrogens with two attached hydrogens (primary N) is 1. The second-order valence-electron chi connectivity index (χ2n) is 4.67. The first-order chi connectivity index (χ1) is 8.65. The van der Waals surface area contributed by atoms with Crippen molar-refractivity contribution in [2.75, 3.05) is 25.0 Å². The van der Waals surface area contributed by atoms with Crippen LogP contribution in [-0.2, 0) is 4.79 Å². The molecular formula is C13H19ClFN3O. The highest BCUT2D eigenvalue weighted by Gasteiger charge is 2.19. The van der Waals surface area contributed by atoms with E-state index in [2.05, 4.69) is 5.32 Å². The largest absolute Gasteiger partial charge is 0.327 e. The Kier molecular flexibility index (Phi) is 6.21. The molecule has 1 atom stereocenters. The molecule has 1 aromatic carbocycles. The number of nitrogens with zero attached hydrogens (tertiary/aromatic N) is 1. The summed E-state index contributed by atoms with van der Waals surface area (Å²) in [6, 6.07) is 6.30. The molecule has 3 N–H and O–H groups in total. The van der Waals surface area contributed by atoms with E-state index >= 15 is 0 Å². The molecule has 1 amide bonds. The van der Waals surface area contributed by atoms with Gasteiger partial charge in [-0.25, -0.2) is 4.39 Å². The van der Waals surface area contributed by atoms with E-state index < -0.39 is 5.82 Å². The van der Waals surface area contributed by atoms with Crippen molar-refractivity contribution in [3.05, 3.63) is 30.1 Å². The molecule has 1 aromatic rings. The molecular weight excluding hydrogens is 269 g/mol. The quantitative estimate of drug-likeness (QED) is 0.888. The van der Waals surface area contributed by atoms with Gasteiger partial charge in [-0.15, -0.1) is 12.4 Å². The molecule has 0 radical (unpaired) electrons. The maximum atomic E-state index is 13.3. The average Bonchev–Trinajstić information content (AvgIpc) is 2.32. The number of piperidine rings is 1. The maximum Gasteiger partial charge on any atom is 0.238 e. The van der Waals surface area contributed by atoms with Gasteiger partial charge >= 0.3 is 0 Å². The van der Waals surface area contributed by atoms with E-state index in [1.165, 1.54) is 6.07 Å². The Morgan fingerprint density at radius 3 is 2.89 bits per heavy atom. The number of amides is 1. The summed E-state index contributed by atoms with van der Waals surface area (Å²) < 4.78 is 13.3. The first-order valence-corrected chi connectivity index (χ1v) is 6.17. The molecule has 0 aliphatic carbocycles. The summed E-state index contributed by atoms with van der Waals surface area (Å²) in [4.78, 5) is 13.8. The lowest BCUT2D eigenvalue weighted by molar-refractivity contribution is -0.117. The van der Waals surface area contributed by atoms with Gasteiger partial charge in [0.15, 0.2) is 0 Å². The van der Waals surface area contributed by atoms with Crippen LogP contribution < -0.4 is 11.1 Å². The van der Waals surface area contributed by atoms with Crippen LogP contribution in [0.25, 0.3) is 0 Å². The summed E-state index contributed by atoms with van der Waals surface area (Å²) >= 11 is 0. The summed E-state index contributed by atoms with van der Waals surface area (Å²) in [5.41, 5.74) is 6.07. The number of anilines is 1. The summed E-state index contributed by atoms with van der Waals surface area (Å²) in [6.45, 7) is 1.87.